The molecule has 0 radical (unpaired) electrons. The van der Waals surface area contributed by atoms with E-state index in [1.165, 1.54) is 7.11 Å². The van der Waals surface area contributed by atoms with Gasteiger partial charge in [-0.1, -0.05) is 0 Å². The third kappa shape index (κ3) is 3.25. The fourth-order valence-corrected chi connectivity index (χ4v) is 1.87. The molecule has 0 bridgehead atoms. The summed E-state index contributed by atoms with van der Waals surface area (Å²) in [5, 5.41) is 0. The molecule has 0 aromatic rings. The standard InChI is InChI=1S/C9H14F3NO2.ClH/c1-15-7(14)8(13)4-2-6(3-5-8)9(10,11)12;/h6H,2-5,13H2,1H3;1H/t6-,8-;. The SMILES string of the molecule is COC(=O)[C@]1(N)CC[C@H](C(F)(F)F)CC1.Cl. The maximum Gasteiger partial charge on any atom is 0.391 e. The lowest BCUT2D eigenvalue weighted by atomic mass is 9.77. The molecule has 1 rings (SSSR count). The lowest BCUT2D eigenvalue weighted by Crippen LogP contribution is -2.52. The van der Waals surface area contributed by atoms with Crippen molar-refractivity contribution in [3.63, 3.8) is 0 Å². The molecule has 0 aliphatic heterocycles. The second-order valence-corrected chi connectivity index (χ2v) is 3.96. The van der Waals surface area contributed by atoms with Crippen LogP contribution in [-0.2, 0) is 9.53 Å². The van der Waals surface area contributed by atoms with Gasteiger partial charge >= 0.3 is 12.1 Å². The Morgan fingerprint density at radius 1 is 1.38 bits per heavy atom. The molecule has 0 atom stereocenters. The van der Waals surface area contributed by atoms with E-state index in [0.29, 0.717) is 0 Å². The van der Waals surface area contributed by atoms with Gasteiger partial charge in [0.15, 0.2) is 0 Å². The van der Waals surface area contributed by atoms with Crippen LogP contribution in [0.4, 0.5) is 13.2 Å². The summed E-state index contributed by atoms with van der Waals surface area (Å²) in [6, 6.07) is 0. The number of carbonyl (C=O) groups is 1. The summed E-state index contributed by atoms with van der Waals surface area (Å²) >= 11 is 0. The highest BCUT2D eigenvalue weighted by molar-refractivity contribution is 5.85. The number of methoxy groups -OCH3 is 1. The molecule has 2 N–H and O–H groups in total. The number of rotatable bonds is 1. The van der Waals surface area contributed by atoms with Crippen molar-refractivity contribution in [1.82, 2.24) is 0 Å². The van der Waals surface area contributed by atoms with Crippen LogP contribution < -0.4 is 5.73 Å². The van der Waals surface area contributed by atoms with Gasteiger partial charge in [-0.25, -0.2) is 0 Å². The number of hydrogen-bond donors (Lipinski definition) is 1. The largest absolute Gasteiger partial charge is 0.468 e. The first-order chi connectivity index (χ1) is 6.79. The van der Waals surface area contributed by atoms with Crippen molar-refractivity contribution in [2.45, 2.75) is 37.4 Å². The van der Waals surface area contributed by atoms with Gasteiger partial charge in [0.25, 0.3) is 0 Å². The minimum atomic E-state index is -4.18. The molecular formula is C9H15ClF3NO2. The summed E-state index contributed by atoms with van der Waals surface area (Å²) in [6.07, 6.45) is -4.32. The number of nitrogens with two attached hydrogens (primary N) is 1. The molecule has 1 fully saturated rings. The normalized spacial score (nSPS) is 30.4. The molecule has 16 heavy (non-hydrogen) atoms. The number of halogens is 4. The number of hydrogen-bond acceptors (Lipinski definition) is 3. The minimum Gasteiger partial charge on any atom is -0.468 e. The molecule has 7 heteroatoms. The highest BCUT2D eigenvalue weighted by Crippen LogP contribution is 2.40. The second kappa shape index (κ2) is 5.23. The van der Waals surface area contributed by atoms with Crippen molar-refractivity contribution in [3.8, 4) is 0 Å². The third-order valence-corrected chi connectivity index (χ3v) is 2.93. The summed E-state index contributed by atoms with van der Waals surface area (Å²) < 4.78 is 41.4. The van der Waals surface area contributed by atoms with Crippen molar-refractivity contribution in [2.24, 2.45) is 11.7 Å². The second-order valence-electron chi connectivity index (χ2n) is 3.96. The molecule has 1 aliphatic carbocycles. The zero-order valence-corrected chi connectivity index (χ0v) is 9.66. The lowest BCUT2D eigenvalue weighted by Gasteiger charge is -2.35. The topological polar surface area (TPSA) is 52.3 Å². The van der Waals surface area contributed by atoms with Crippen molar-refractivity contribution >= 4 is 18.4 Å². The predicted molar refractivity (Wildman–Crippen MR) is 54.2 cm³/mol. The van der Waals surface area contributed by atoms with Gasteiger partial charge in [0.1, 0.15) is 5.54 Å². The Balaban J connectivity index is 0.00000225. The number of ether oxygens (including phenoxy) is 1. The van der Waals surface area contributed by atoms with Crippen molar-refractivity contribution in [2.75, 3.05) is 7.11 Å². The first kappa shape index (κ1) is 15.5. The Hall–Kier alpha value is -0.490. The molecule has 0 aromatic heterocycles. The zero-order chi connectivity index (χ0) is 11.7. The van der Waals surface area contributed by atoms with Gasteiger partial charge in [-0.2, -0.15) is 13.2 Å². The van der Waals surface area contributed by atoms with Crippen molar-refractivity contribution in [1.29, 1.82) is 0 Å². The molecule has 1 saturated carbocycles. The van der Waals surface area contributed by atoms with Crippen LogP contribution in [0.3, 0.4) is 0 Å². The molecule has 0 spiro atoms. The van der Waals surface area contributed by atoms with Gasteiger partial charge in [-0.15, -0.1) is 12.4 Å². The average molecular weight is 262 g/mol. The molecule has 0 amide bonds. The van der Waals surface area contributed by atoms with Crippen molar-refractivity contribution in [3.05, 3.63) is 0 Å². The van der Waals surface area contributed by atoms with Crippen molar-refractivity contribution < 1.29 is 22.7 Å². The van der Waals surface area contributed by atoms with E-state index < -0.39 is 23.6 Å². The van der Waals surface area contributed by atoms with E-state index in [4.69, 9.17) is 5.73 Å². The number of esters is 1. The lowest BCUT2D eigenvalue weighted by molar-refractivity contribution is -0.187. The predicted octanol–water partition coefficient (Wildman–Crippen LogP) is 2.03. The molecule has 1 aliphatic rings. The maximum absolute atomic E-state index is 12.3. The van der Waals surface area contributed by atoms with E-state index in [1.807, 2.05) is 0 Å². The number of alkyl halides is 3. The third-order valence-electron chi connectivity index (χ3n) is 2.93. The van der Waals surface area contributed by atoms with E-state index in [1.54, 1.807) is 0 Å². The monoisotopic (exact) mass is 261 g/mol. The van der Waals surface area contributed by atoms with Crippen LogP contribution in [0.15, 0.2) is 0 Å². The minimum absolute atomic E-state index is 0. The molecule has 0 saturated heterocycles. The molecule has 96 valence electrons. The van der Waals surface area contributed by atoms with E-state index >= 15 is 0 Å². The van der Waals surface area contributed by atoms with Crippen LogP contribution in [0.1, 0.15) is 25.7 Å². The Labute approximate surface area is 97.9 Å². The summed E-state index contributed by atoms with van der Waals surface area (Å²) in [5.41, 5.74) is 4.45. The quantitative estimate of drug-likeness (QED) is 0.735. The molecule has 3 nitrogen and oxygen atoms in total. The van der Waals surface area contributed by atoms with E-state index in [2.05, 4.69) is 4.74 Å². The van der Waals surface area contributed by atoms with Gasteiger partial charge in [0.05, 0.1) is 13.0 Å². The van der Waals surface area contributed by atoms with Crippen LogP contribution in [0.2, 0.25) is 0 Å². The molecule has 0 aromatic carbocycles. The zero-order valence-electron chi connectivity index (χ0n) is 8.84. The summed E-state index contributed by atoms with van der Waals surface area (Å²) in [4.78, 5) is 11.2. The van der Waals surface area contributed by atoms with Gasteiger partial charge < -0.3 is 10.5 Å². The Bertz CT molecular complexity index is 250. The van der Waals surface area contributed by atoms with E-state index in [-0.39, 0.29) is 38.1 Å². The highest BCUT2D eigenvalue weighted by Gasteiger charge is 2.47. The first-order valence-corrected chi connectivity index (χ1v) is 4.73. The summed E-state index contributed by atoms with van der Waals surface area (Å²) in [5.74, 6) is -1.96. The van der Waals surface area contributed by atoms with Crippen LogP contribution in [-0.4, -0.2) is 24.8 Å². The van der Waals surface area contributed by atoms with Crippen LogP contribution >= 0.6 is 12.4 Å². The number of carbonyl (C=O) groups excluding carboxylic acids is 1. The average Bonchev–Trinajstić information content (AvgIpc) is 2.15. The summed E-state index contributed by atoms with van der Waals surface area (Å²) in [6.45, 7) is 0. The fourth-order valence-electron chi connectivity index (χ4n) is 1.87. The van der Waals surface area contributed by atoms with Gasteiger partial charge in [-0.05, 0) is 25.7 Å². The fraction of sp³-hybridized carbons (Fsp3) is 0.889. The van der Waals surface area contributed by atoms with Gasteiger partial charge in [-0.3, -0.25) is 4.79 Å². The molecular weight excluding hydrogens is 247 g/mol. The van der Waals surface area contributed by atoms with E-state index in [0.717, 1.165) is 0 Å². The van der Waals surface area contributed by atoms with Crippen LogP contribution in [0.5, 0.6) is 0 Å². The van der Waals surface area contributed by atoms with Crippen LogP contribution in [0, 0.1) is 5.92 Å². The molecule has 0 heterocycles. The van der Waals surface area contributed by atoms with Gasteiger partial charge in [0, 0.05) is 0 Å². The Kier molecular flexibility index (Phi) is 5.07. The Morgan fingerprint density at radius 2 is 1.81 bits per heavy atom. The maximum atomic E-state index is 12.3. The van der Waals surface area contributed by atoms with E-state index in [9.17, 15) is 18.0 Å². The first-order valence-electron chi connectivity index (χ1n) is 4.73. The van der Waals surface area contributed by atoms with Gasteiger partial charge in [0.2, 0.25) is 0 Å². The van der Waals surface area contributed by atoms with Crippen LogP contribution in [0.25, 0.3) is 0 Å². The smallest absolute Gasteiger partial charge is 0.391 e. The molecule has 0 unspecified atom stereocenters. The summed E-state index contributed by atoms with van der Waals surface area (Å²) in [7, 11) is 1.19. The Morgan fingerprint density at radius 3 is 2.12 bits per heavy atom. The highest BCUT2D eigenvalue weighted by atomic mass is 35.5.